The van der Waals surface area contributed by atoms with Gasteiger partial charge in [-0.3, -0.25) is 10.3 Å². The summed E-state index contributed by atoms with van der Waals surface area (Å²) in [5.41, 5.74) is 5.20. The van der Waals surface area contributed by atoms with Crippen molar-refractivity contribution in [3.8, 4) is 0 Å². The van der Waals surface area contributed by atoms with Crippen molar-refractivity contribution >= 4 is 28.7 Å². The fourth-order valence-electron chi connectivity index (χ4n) is 1.78. The van der Waals surface area contributed by atoms with E-state index in [-0.39, 0.29) is 0 Å². The van der Waals surface area contributed by atoms with E-state index in [1.54, 1.807) is 0 Å². The van der Waals surface area contributed by atoms with Gasteiger partial charge in [0.15, 0.2) is 5.11 Å². The van der Waals surface area contributed by atoms with Gasteiger partial charge < -0.3 is 0 Å². The molecule has 0 unspecified atom stereocenters. The molecule has 0 bridgehead atoms. The van der Waals surface area contributed by atoms with Gasteiger partial charge in [0.25, 0.3) is 0 Å². The maximum Gasteiger partial charge on any atom is 0.192 e. The van der Waals surface area contributed by atoms with Crippen molar-refractivity contribution in [1.29, 1.82) is 0 Å². The number of rotatable bonds is 3. The number of benzene rings is 2. The first kappa shape index (κ1) is 13.5. The second-order valence-electron chi connectivity index (χ2n) is 4.32. The second kappa shape index (κ2) is 6.31. The van der Waals surface area contributed by atoms with Crippen LogP contribution in [0.5, 0.6) is 0 Å². The smallest absolute Gasteiger partial charge is 0.192 e. The van der Waals surface area contributed by atoms with E-state index in [0.29, 0.717) is 5.11 Å². The Morgan fingerprint density at radius 2 is 1.26 bits per heavy atom. The molecule has 0 aliphatic rings. The van der Waals surface area contributed by atoms with Crippen LogP contribution in [0.1, 0.15) is 0 Å². The first-order valence-corrected chi connectivity index (χ1v) is 6.47. The average molecular weight is 271 g/mol. The van der Waals surface area contributed by atoms with E-state index < -0.39 is 0 Å². The van der Waals surface area contributed by atoms with Crippen molar-refractivity contribution in [2.24, 2.45) is 0 Å². The summed E-state index contributed by atoms with van der Waals surface area (Å²) < 4.78 is 0. The standard InChI is InChI=1S/C15H17N3S/c1-17(2)16-15(19)18(13-9-5-3-6-10-13)14-11-7-4-8-12-14/h3-12H,1-2H3,(H,16,19). The molecule has 2 aromatic rings. The molecule has 0 spiro atoms. The Kier molecular flexibility index (Phi) is 4.49. The molecule has 0 saturated heterocycles. The average Bonchev–Trinajstić information content (AvgIpc) is 2.40. The van der Waals surface area contributed by atoms with Crippen molar-refractivity contribution in [1.82, 2.24) is 10.4 Å². The van der Waals surface area contributed by atoms with E-state index in [9.17, 15) is 0 Å². The van der Waals surface area contributed by atoms with Crippen LogP contribution in [0.4, 0.5) is 11.4 Å². The summed E-state index contributed by atoms with van der Waals surface area (Å²) in [4.78, 5) is 2.01. The maximum absolute atomic E-state index is 5.49. The molecule has 0 radical (unpaired) electrons. The molecule has 4 heteroatoms. The number of nitrogens with zero attached hydrogens (tertiary/aromatic N) is 2. The quantitative estimate of drug-likeness (QED) is 0.682. The lowest BCUT2D eigenvalue weighted by Gasteiger charge is -2.28. The SMILES string of the molecule is CN(C)NC(=S)N(c1ccccc1)c1ccccc1. The lowest BCUT2D eigenvalue weighted by atomic mass is 10.2. The number of para-hydroxylation sites is 2. The highest BCUT2D eigenvalue weighted by Gasteiger charge is 2.14. The first-order chi connectivity index (χ1) is 9.18. The number of nitrogens with one attached hydrogen (secondary N) is 1. The van der Waals surface area contributed by atoms with Gasteiger partial charge in [0.05, 0.1) is 0 Å². The molecule has 0 heterocycles. The summed E-state index contributed by atoms with van der Waals surface area (Å²) in [6, 6.07) is 20.2. The minimum atomic E-state index is 0.641. The van der Waals surface area contributed by atoms with Crippen LogP contribution in [-0.2, 0) is 0 Å². The molecular formula is C15H17N3S. The van der Waals surface area contributed by atoms with Gasteiger partial charge in [0, 0.05) is 25.5 Å². The highest BCUT2D eigenvalue weighted by molar-refractivity contribution is 7.80. The van der Waals surface area contributed by atoms with E-state index in [2.05, 4.69) is 5.43 Å². The summed E-state index contributed by atoms with van der Waals surface area (Å²) >= 11 is 5.49. The second-order valence-corrected chi connectivity index (χ2v) is 4.70. The minimum Gasteiger partial charge on any atom is -0.295 e. The van der Waals surface area contributed by atoms with Crippen LogP contribution in [0.25, 0.3) is 0 Å². The van der Waals surface area contributed by atoms with Gasteiger partial charge in [-0.15, -0.1) is 0 Å². The Morgan fingerprint density at radius 1 is 0.842 bits per heavy atom. The van der Waals surface area contributed by atoms with Crippen LogP contribution in [0.3, 0.4) is 0 Å². The first-order valence-electron chi connectivity index (χ1n) is 6.06. The minimum absolute atomic E-state index is 0.641. The number of thiocarbonyl (C=S) groups is 1. The van der Waals surface area contributed by atoms with Crippen LogP contribution in [0.2, 0.25) is 0 Å². The summed E-state index contributed by atoms with van der Waals surface area (Å²) in [5, 5.41) is 2.48. The molecule has 2 rings (SSSR count). The molecule has 2 aromatic carbocycles. The third kappa shape index (κ3) is 3.53. The molecule has 3 nitrogen and oxygen atoms in total. The normalized spacial score (nSPS) is 10.3. The van der Waals surface area contributed by atoms with Crippen LogP contribution in [-0.4, -0.2) is 24.2 Å². The monoisotopic (exact) mass is 271 g/mol. The Labute approximate surface area is 119 Å². The number of hydrogen-bond acceptors (Lipinski definition) is 2. The summed E-state index contributed by atoms with van der Waals surface area (Å²) in [7, 11) is 3.83. The number of anilines is 2. The predicted molar refractivity (Wildman–Crippen MR) is 84.4 cm³/mol. The van der Waals surface area contributed by atoms with Crippen molar-refractivity contribution in [2.45, 2.75) is 0 Å². The molecule has 0 fully saturated rings. The van der Waals surface area contributed by atoms with Crippen molar-refractivity contribution < 1.29 is 0 Å². The zero-order chi connectivity index (χ0) is 13.7. The van der Waals surface area contributed by atoms with Gasteiger partial charge in [-0.25, -0.2) is 5.01 Å². The Morgan fingerprint density at radius 3 is 1.63 bits per heavy atom. The zero-order valence-electron chi connectivity index (χ0n) is 11.1. The number of hydrazine groups is 1. The molecule has 19 heavy (non-hydrogen) atoms. The van der Waals surface area contributed by atoms with E-state index in [1.165, 1.54) is 0 Å². The Bertz CT molecular complexity index is 486. The fraction of sp³-hybridized carbons (Fsp3) is 0.133. The summed E-state index contributed by atoms with van der Waals surface area (Å²) in [5.74, 6) is 0. The zero-order valence-corrected chi connectivity index (χ0v) is 11.9. The molecular weight excluding hydrogens is 254 g/mol. The van der Waals surface area contributed by atoms with Gasteiger partial charge >= 0.3 is 0 Å². The van der Waals surface area contributed by atoms with Crippen molar-refractivity contribution in [3.63, 3.8) is 0 Å². The van der Waals surface area contributed by atoms with Crippen LogP contribution in [0.15, 0.2) is 60.7 Å². The van der Waals surface area contributed by atoms with Gasteiger partial charge in [-0.1, -0.05) is 36.4 Å². The Balaban J connectivity index is 2.37. The molecule has 0 amide bonds. The van der Waals surface area contributed by atoms with E-state index in [4.69, 9.17) is 12.2 Å². The lowest BCUT2D eigenvalue weighted by Crippen LogP contribution is -2.43. The summed E-state index contributed by atoms with van der Waals surface area (Å²) in [6.45, 7) is 0. The topological polar surface area (TPSA) is 18.5 Å². The third-order valence-corrected chi connectivity index (χ3v) is 2.82. The molecule has 0 aromatic heterocycles. The lowest BCUT2D eigenvalue weighted by molar-refractivity contribution is 0.363. The van der Waals surface area contributed by atoms with E-state index in [0.717, 1.165) is 11.4 Å². The van der Waals surface area contributed by atoms with Crippen LogP contribution >= 0.6 is 12.2 Å². The van der Waals surface area contributed by atoms with Gasteiger partial charge in [-0.2, -0.15) is 0 Å². The third-order valence-electron chi connectivity index (χ3n) is 2.55. The molecule has 1 N–H and O–H groups in total. The van der Waals surface area contributed by atoms with Crippen molar-refractivity contribution in [3.05, 3.63) is 60.7 Å². The van der Waals surface area contributed by atoms with E-state index in [1.807, 2.05) is 84.7 Å². The van der Waals surface area contributed by atoms with Crippen molar-refractivity contribution in [2.75, 3.05) is 19.0 Å². The highest BCUT2D eigenvalue weighted by atomic mass is 32.1. The molecule has 0 aliphatic heterocycles. The molecule has 98 valence electrons. The molecule has 0 aliphatic carbocycles. The fourth-order valence-corrected chi connectivity index (χ4v) is 2.17. The van der Waals surface area contributed by atoms with Gasteiger partial charge in [0.2, 0.25) is 0 Å². The Hall–Kier alpha value is -1.91. The van der Waals surface area contributed by atoms with E-state index >= 15 is 0 Å². The highest BCUT2D eigenvalue weighted by Crippen LogP contribution is 2.24. The molecule has 0 saturated carbocycles. The van der Waals surface area contributed by atoms with Gasteiger partial charge in [-0.05, 0) is 36.5 Å². The largest absolute Gasteiger partial charge is 0.295 e. The maximum atomic E-state index is 5.49. The predicted octanol–water partition coefficient (Wildman–Crippen LogP) is 3.18. The summed E-state index contributed by atoms with van der Waals surface area (Å²) in [6.07, 6.45) is 0. The van der Waals surface area contributed by atoms with Crippen LogP contribution < -0.4 is 10.3 Å². The number of hydrogen-bond donors (Lipinski definition) is 1. The van der Waals surface area contributed by atoms with Crippen LogP contribution in [0, 0.1) is 0 Å². The van der Waals surface area contributed by atoms with Gasteiger partial charge in [0.1, 0.15) is 0 Å². The molecule has 0 atom stereocenters.